The second-order valence-electron chi connectivity index (χ2n) is 1.47. The Kier molecular flexibility index (Phi) is 5.97. The van der Waals surface area contributed by atoms with E-state index in [-0.39, 0.29) is 7.48 Å². The minimum Gasteiger partial charge on any atom is -0.453 e. The average molecular weight is 101 g/mol. The molecule has 0 aromatic heterocycles. The predicted octanol–water partition coefficient (Wildman–Crippen LogP) is -0.713. The third kappa shape index (κ3) is 5.98. The number of hydrogen-bond donors (Lipinski definition) is 2. The van der Waals surface area contributed by atoms with Crippen LogP contribution in [0.4, 0.5) is 0 Å². The standard InChI is InChI=1S/C4H12BNO/c1-2-3-6-4-5-7/h5-7H,2-4H2,1H3. The van der Waals surface area contributed by atoms with Gasteiger partial charge in [-0.25, -0.2) is 0 Å². The smallest absolute Gasteiger partial charge is 0.284 e. The van der Waals surface area contributed by atoms with Gasteiger partial charge in [-0.3, -0.25) is 0 Å². The second kappa shape index (κ2) is 5.98. The molecule has 2 nitrogen and oxygen atoms in total. The van der Waals surface area contributed by atoms with Crippen LogP contribution in [0, 0.1) is 0 Å². The van der Waals surface area contributed by atoms with Gasteiger partial charge in [0.15, 0.2) is 0 Å². The third-order valence-electron chi connectivity index (χ3n) is 0.715. The Balaban J connectivity index is 2.45. The van der Waals surface area contributed by atoms with Gasteiger partial charge >= 0.3 is 0 Å². The van der Waals surface area contributed by atoms with Crippen LogP contribution in [-0.2, 0) is 0 Å². The van der Waals surface area contributed by atoms with Crippen molar-refractivity contribution in [2.75, 3.05) is 13.0 Å². The van der Waals surface area contributed by atoms with Gasteiger partial charge in [0.05, 0.1) is 0 Å². The first-order valence-electron chi connectivity index (χ1n) is 2.73. The van der Waals surface area contributed by atoms with Gasteiger partial charge in [0.2, 0.25) is 0 Å². The van der Waals surface area contributed by atoms with Crippen molar-refractivity contribution < 1.29 is 5.02 Å². The molecule has 0 aliphatic carbocycles. The van der Waals surface area contributed by atoms with Crippen molar-refractivity contribution in [3.05, 3.63) is 0 Å². The van der Waals surface area contributed by atoms with E-state index in [0.717, 1.165) is 19.4 Å². The Morgan fingerprint density at radius 3 is 2.86 bits per heavy atom. The molecule has 0 atom stereocenters. The van der Waals surface area contributed by atoms with Crippen molar-refractivity contribution in [1.29, 1.82) is 0 Å². The summed E-state index contributed by atoms with van der Waals surface area (Å²) in [7, 11) is 0.250. The molecule has 0 heterocycles. The van der Waals surface area contributed by atoms with Crippen LogP contribution in [0.15, 0.2) is 0 Å². The number of hydrogen-bond acceptors (Lipinski definition) is 2. The molecule has 0 aliphatic heterocycles. The van der Waals surface area contributed by atoms with E-state index in [0.29, 0.717) is 0 Å². The predicted molar refractivity (Wildman–Crippen MR) is 32.5 cm³/mol. The second-order valence-corrected chi connectivity index (χ2v) is 1.47. The highest BCUT2D eigenvalue weighted by molar-refractivity contribution is 6.25. The Labute approximate surface area is 45.2 Å². The van der Waals surface area contributed by atoms with Gasteiger partial charge in [0.1, 0.15) is 0 Å². The van der Waals surface area contributed by atoms with Crippen LogP contribution >= 0.6 is 0 Å². The molecule has 0 aromatic carbocycles. The van der Waals surface area contributed by atoms with Crippen LogP contribution in [0.1, 0.15) is 13.3 Å². The molecular formula is C4H12BNO. The van der Waals surface area contributed by atoms with Gasteiger partial charge in [0, 0.05) is 0 Å². The van der Waals surface area contributed by atoms with Crippen LogP contribution in [0.25, 0.3) is 0 Å². The molecule has 0 saturated carbocycles. The summed E-state index contributed by atoms with van der Waals surface area (Å²) >= 11 is 0. The normalized spacial score (nSPS) is 8.86. The molecule has 0 spiro atoms. The van der Waals surface area contributed by atoms with Gasteiger partial charge in [-0.1, -0.05) is 6.92 Å². The van der Waals surface area contributed by atoms with Gasteiger partial charge in [-0.15, -0.1) is 0 Å². The Morgan fingerprint density at radius 2 is 2.43 bits per heavy atom. The fraction of sp³-hybridized carbons (Fsp3) is 1.00. The van der Waals surface area contributed by atoms with Crippen molar-refractivity contribution in [2.45, 2.75) is 13.3 Å². The summed E-state index contributed by atoms with van der Waals surface area (Å²) in [4.78, 5) is 0. The van der Waals surface area contributed by atoms with Crippen LogP contribution < -0.4 is 5.32 Å². The first kappa shape index (κ1) is 6.98. The lowest BCUT2D eigenvalue weighted by Gasteiger charge is -1.94. The number of nitrogens with one attached hydrogen (secondary N) is 1. The highest BCUT2D eigenvalue weighted by atomic mass is 16.2. The first-order valence-corrected chi connectivity index (χ1v) is 2.73. The monoisotopic (exact) mass is 101 g/mol. The van der Waals surface area contributed by atoms with E-state index in [9.17, 15) is 0 Å². The quantitative estimate of drug-likeness (QED) is 0.362. The molecule has 0 unspecified atom stereocenters. The maximum absolute atomic E-state index is 8.23. The molecule has 3 heteroatoms. The summed E-state index contributed by atoms with van der Waals surface area (Å²) in [6.07, 6.45) is 1.87. The fourth-order valence-corrected chi connectivity index (χ4v) is 0.381. The Hall–Kier alpha value is -0.0151. The van der Waals surface area contributed by atoms with Crippen molar-refractivity contribution in [2.24, 2.45) is 0 Å². The zero-order valence-electron chi connectivity index (χ0n) is 4.78. The van der Waals surface area contributed by atoms with Crippen LogP contribution in [0.5, 0.6) is 0 Å². The summed E-state index contributed by atoms with van der Waals surface area (Å²) < 4.78 is 0. The molecule has 2 N–H and O–H groups in total. The molecule has 42 valence electrons. The Bertz CT molecular complexity index is 30.9. The highest BCUT2D eigenvalue weighted by Gasteiger charge is 1.80. The number of rotatable bonds is 4. The van der Waals surface area contributed by atoms with Crippen molar-refractivity contribution >= 4 is 7.48 Å². The topological polar surface area (TPSA) is 32.3 Å². The molecule has 0 saturated heterocycles. The minimum absolute atomic E-state index is 0.250. The van der Waals surface area contributed by atoms with E-state index >= 15 is 0 Å². The first-order chi connectivity index (χ1) is 3.41. The van der Waals surface area contributed by atoms with Gasteiger partial charge in [0.25, 0.3) is 7.48 Å². The van der Waals surface area contributed by atoms with E-state index in [1.54, 1.807) is 0 Å². The molecule has 0 aromatic rings. The molecular weight excluding hydrogens is 88.9 g/mol. The molecule has 7 heavy (non-hydrogen) atoms. The fourth-order valence-electron chi connectivity index (χ4n) is 0.381. The van der Waals surface area contributed by atoms with Gasteiger partial charge in [-0.2, -0.15) is 0 Å². The molecule has 0 bridgehead atoms. The third-order valence-corrected chi connectivity index (χ3v) is 0.715. The lowest BCUT2D eigenvalue weighted by molar-refractivity contribution is 0.587. The van der Waals surface area contributed by atoms with E-state index in [2.05, 4.69) is 12.2 Å². The van der Waals surface area contributed by atoms with Gasteiger partial charge < -0.3 is 10.3 Å². The summed E-state index contributed by atoms with van der Waals surface area (Å²) in [6.45, 7) is 3.12. The summed E-state index contributed by atoms with van der Waals surface area (Å²) in [6, 6.07) is 0. The Morgan fingerprint density at radius 1 is 1.71 bits per heavy atom. The molecule has 0 rings (SSSR count). The average Bonchev–Trinajstić information content (AvgIpc) is 1.69. The summed E-state index contributed by atoms with van der Waals surface area (Å²) in [5.74, 6) is 0. The van der Waals surface area contributed by atoms with E-state index < -0.39 is 0 Å². The zero-order chi connectivity index (χ0) is 5.54. The lowest BCUT2D eigenvalue weighted by Crippen LogP contribution is -2.20. The van der Waals surface area contributed by atoms with Crippen molar-refractivity contribution in [1.82, 2.24) is 5.32 Å². The van der Waals surface area contributed by atoms with Crippen LogP contribution in [-0.4, -0.2) is 25.5 Å². The highest BCUT2D eigenvalue weighted by Crippen LogP contribution is 1.65. The molecule has 0 aliphatic rings. The van der Waals surface area contributed by atoms with Crippen molar-refractivity contribution in [3.63, 3.8) is 0 Å². The summed E-state index contributed by atoms with van der Waals surface area (Å²) in [5.41, 5.74) is 0. The maximum Gasteiger partial charge on any atom is 0.284 e. The molecule has 0 fully saturated rings. The SMILES string of the molecule is CCCNCBO. The maximum atomic E-state index is 8.23. The van der Waals surface area contributed by atoms with Crippen LogP contribution in [0.3, 0.4) is 0 Å². The minimum atomic E-state index is 0.250. The lowest BCUT2D eigenvalue weighted by atomic mass is 10.0. The summed E-state index contributed by atoms with van der Waals surface area (Å²) in [5, 5.41) is 11.3. The van der Waals surface area contributed by atoms with E-state index in [4.69, 9.17) is 5.02 Å². The molecule has 0 amide bonds. The van der Waals surface area contributed by atoms with Crippen molar-refractivity contribution in [3.8, 4) is 0 Å². The largest absolute Gasteiger partial charge is 0.453 e. The van der Waals surface area contributed by atoms with E-state index in [1.165, 1.54) is 0 Å². The van der Waals surface area contributed by atoms with Gasteiger partial charge in [-0.05, 0) is 19.4 Å². The van der Waals surface area contributed by atoms with Crippen LogP contribution in [0.2, 0.25) is 0 Å². The zero-order valence-corrected chi connectivity index (χ0v) is 4.78. The molecule has 0 radical (unpaired) electrons. The van der Waals surface area contributed by atoms with E-state index in [1.807, 2.05) is 0 Å².